The lowest BCUT2D eigenvalue weighted by Gasteiger charge is -2.05. The summed E-state index contributed by atoms with van der Waals surface area (Å²) in [5.41, 5.74) is -0.422. The van der Waals surface area contributed by atoms with Crippen LogP contribution in [0.4, 0.5) is 13.2 Å². The molecule has 0 amide bonds. The molecule has 0 aliphatic heterocycles. The van der Waals surface area contributed by atoms with Gasteiger partial charge in [0.05, 0.1) is 10.6 Å². The standard InChI is InChI=1S/C13H5BrClF3O/c14-8-3-6(1-2-9(8)15)13(19)7-4-11(17)12(18)5-10(7)16/h1-5H. The average Bonchev–Trinajstić information content (AvgIpc) is 2.36. The second kappa shape index (κ2) is 5.35. The number of halogens is 5. The van der Waals surface area contributed by atoms with Crippen LogP contribution in [0, 0.1) is 17.5 Å². The molecular formula is C13H5BrClF3O. The number of benzene rings is 2. The van der Waals surface area contributed by atoms with Crippen molar-refractivity contribution >= 4 is 33.3 Å². The minimum atomic E-state index is -1.34. The Balaban J connectivity index is 2.49. The van der Waals surface area contributed by atoms with Crippen LogP contribution in [0.1, 0.15) is 15.9 Å². The summed E-state index contributed by atoms with van der Waals surface area (Å²) in [7, 11) is 0. The van der Waals surface area contributed by atoms with Crippen LogP contribution in [-0.2, 0) is 0 Å². The number of hydrogen-bond donors (Lipinski definition) is 0. The summed E-state index contributed by atoms with van der Waals surface area (Å²) in [6, 6.07) is 5.07. The molecule has 0 N–H and O–H groups in total. The van der Waals surface area contributed by atoms with E-state index in [-0.39, 0.29) is 5.56 Å². The Bertz CT molecular complexity index is 673. The Morgan fingerprint density at radius 1 is 1.00 bits per heavy atom. The van der Waals surface area contributed by atoms with E-state index in [2.05, 4.69) is 15.9 Å². The first-order valence-electron chi connectivity index (χ1n) is 5.04. The van der Waals surface area contributed by atoms with Gasteiger partial charge < -0.3 is 0 Å². The van der Waals surface area contributed by atoms with Crippen LogP contribution in [0.15, 0.2) is 34.8 Å². The molecule has 98 valence electrons. The van der Waals surface area contributed by atoms with Crippen LogP contribution < -0.4 is 0 Å². The van der Waals surface area contributed by atoms with Crippen molar-refractivity contribution in [2.45, 2.75) is 0 Å². The number of carbonyl (C=O) groups excluding carboxylic acids is 1. The van der Waals surface area contributed by atoms with Gasteiger partial charge in [-0.25, -0.2) is 13.2 Å². The zero-order valence-electron chi connectivity index (χ0n) is 9.18. The van der Waals surface area contributed by atoms with Gasteiger partial charge in [-0.05, 0) is 40.2 Å². The van der Waals surface area contributed by atoms with Crippen LogP contribution in [0.5, 0.6) is 0 Å². The summed E-state index contributed by atoms with van der Waals surface area (Å²) >= 11 is 8.89. The summed E-state index contributed by atoms with van der Waals surface area (Å²) in [5, 5.41) is 0.377. The van der Waals surface area contributed by atoms with Crippen molar-refractivity contribution in [3.8, 4) is 0 Å². The Morgan fingerprint density at radius 3 is 2.26 bits per heavy atom. The number of hydrogen-bond acceptors (Lipinski definition) is 1. The van der Waals surface area contributed by atoms with Crippen molar-refractivity contribution in [1.82, 2.24) is 0 Å². The summed E-state index contributed by atoms with van der Waals surface area (Å²) < 4.78 is 39.8. The van der Waals surface area contributed by atoms with Gasteiger partial charge in [-0.15, -0.1) is 0 Å². The van der Waals surface area contributed by atoms with E-state index in [0.717, 1.165) is 0 Å². The predicted molar refractivity (Wildman–Crippen MR) is 68.9 cm³/mol. The van der Waals surface area contributed by atoms with Crippen LogP contribution in [-0.4, -0.2) is 5.78 Å². The summed E-state index contributed by atoms with van der Waals surface area (Å²) in [6.45, 7) is 0. The molecule has 0 saturated heterocycles. The molecule has 2 aromatic rings. The highest BCUT2D eigenvalue weighted by Crippen LogP contribution is 2.25. The summed E-state index contributed by atoms with van der Waals surface area (Å²) in [4.78, 5) is 12.0. The van der Waals surface area contributed by atoms with Crippen molar-refractivity contribution in [2.75, 3.05) is 0 Å². The van der Waals surface area contributed by atoms with Gasteiger partial charge in [-0.1, -0.05) is 11.6 Å². The Labute approximate surface area is 120 Å². The largest absolute Gasteiger partial charge is 0.288 e. The van der Waals surface area contributed by atoms with Gasteiger partial charge in [0.25, 0.3) is 0 Å². The van der Waals surface area contributed by atoms with Gasteiger partial charge in [0.15, 0.2) is 17.4 Å². The van der Waals surface area contributed by atoms with Crippen molar-refractivity contribution in [3.05, 3.63) is 68.4 Å². The van der Waals surface area contributed by atoms with E-state index in [1.54, 1.807) is 0 Å². The third kappa shape index (κ3) is 2.82. The van der Waals surface area contributed by atoms with Gasteiger partial charge in [0.1, 0.15) is 5.82 Å². The highest BCUT2D eigenvalue weighted by atomic mass is 79.9. The minimum absolute atomic E-state index is 0.112. The predicted octanol–water partition coefficient (Wildman–Crippen LogP) is 4.75. The molecule has 2 rings (SSSR count). The first-order chi connectivity index (χ1) is 8.90. The zero-order valence-corrected chi connectivity index (χ0v) is 11.5. The molecule has 1 nitrogen and oxygen atoms in total. The molecule has 2 aromatic carbocycles. The van der Waals surface area contributed by atoms with E-state index in [4.69, 9.17) is 11.6 Å². The summed E-state index contributed by atoms with van der Waals surface area (Å²) in [5.74, 6) is -4.49. The fourth-order valence-electron chi connectivity index (χ4n) is 1.49. The molecular weight excluding hydrogens is 344 g/mol. The molecule has 0 aromatic heterocycles. The van der Waals surface area contributed by atoms with E-state index in [9.17, 15) is 18.0 Å². The Morgan fingerprint density at radius 2 is 1.63 bits per heavy atom. The molecule has 0 heterocycles. The quantitative estimate of drug-likeness (QED) is 0.565. The molecule has 0 spiro atoms. The minimum Gasteiger partial charge on any atom is -0.288 e. The maximum absolute atomic E-state index is 13.5. The molecule has 0 radical (unpaired) electrons. The second-order valence-electron chi connectivity index (χ2n) is 3.70. The average molecular weight is 350 g/mol. The highest BCUT2D eigenvalue weighted by Gasteiger charge is 2.18. The van der Waals surface area contributed by atoms with E-state index in [0.29, 0.717) is 21.6 Å². The third-order valence-corrected chi connectivity index (χ3v) is 3.65. The van der Waals surface area contributed by atoms with Gasteiger partial charge in [-0.3, -0.25) is 4.79 Å². The van der Waals surface area contributed by atoms with E-state index >= 15 is 0 Å². The normalized spacial score (nSPS) is 10.6. The van der Waals surface area contributed by atoms with Crippen molar-refractivity contribution in [3.63, 3.8) is 0 Å². The van der Waals surface area contributed by atoms with Crippen molar-refractivity contribution in [1.29, 1.82) is 0 Å². The maximum atomic E-state index is 13.5. The highest BCUT2D eigenvalue weighted by molar-refractivity contribution is 9.10. The molecule has 0 aliphatic carbocycles. The van der Waals surface area contributed by atoms with Gasteiger partial charge in [0.2, 0.25) is 0 Å². The second-order valence-corrected chi connectivity index (χ2v) is 4.97. The molecule has 0 atom stereocenters. The van der Waals surface area contributed by atoms with Crippen molar-refractivity contribution < 1.29 is 18.0 Å². The first-order valence-corrected chi connectivity index (χ1v) is 6.21. The van der Waals surface area contributed by atoms with E-state index in [1.807, 2.05) is 0 Å². The fraction of sp³-hybridized carbons (Fsp3) is 0. The van der Waals surface area contributed by atoms with E-state index in [1.165, 1.54) is 18.2 Å². The molecule has 0 saturated carbocycles. The molecule has 0 aliphatic rings. The number of carbonyl (C=O) groups is 1. The lowest BCUT2D eigenvalue weighted by atomic mass is 10.0. The molecule has 6 heteroatoms. The first kappa shape index (κ1) is 14.1. The van der Waals surface area contributed by atoms with Crippen LogP contribution in [0.2, 0.25) is 5.02 Å². The van der Waals surface area contributed by atoms with Crippen LogP contribution in [0.25, 0.3) is 0 Å². The lowest BCUT2D eigenvalue weighted by molar-refractivity contribution is 0.103. The smallest absolute Gasteiger partial charge is 0.196 e. The lowest BCUT2D eigenvalue weighted by Crippen LogP contribution is -2.06. The summed E-state index contributed by atoms with van der Waals surface area (Å²) in [6.07, 6.45) is 0. The maximum Gasteiger partial charge on any atom is 0.196 e. The molecule has 0 bridgehead atoms. The van der Waals surface area contributed by atoms with Crippen molar-refractivity contribution in [2.24, 2.45) is 0 Å². The fourth-order valence-corrected chi connectivity index (χ4v) is 1.99. The molecule has 0 unspecified atom stereocenters. The number of rotatable bonds is 2. The molecule has 19 heavy (non-hydrogen) atoms. The third-order valence-electron chi connectivity index (χ3n) is 2.44. The van der Waals surface area contributed by atoms with Crippen LogP contribution >= 0.6 is 27.5 Å². The SMILES string of the molecule is O=C(c1ccc(Cl)c(Br)c1)c1cc(F)c(F)cc1F. The van der Waals surface area contributed by atoms with Crippen LogP contribution in [0.3, 0.4) is 0 Å². The van der Waals surface area contributed by atoms with Gasteiger partial charge in [0, 0.05) is 16.1 Å². The van der Waals surface area contributed by atoms with Gasteiger partial charge in [-0.2, -0.15) is 0 Å². The zero-order chi connectivity index (χ0) is 14.2. The molecule has 0 fully saturated rings. The monoisotopic (exact) mass is 348 g/mol. The Kier molecular flexibility index (Phi) is 3.96. The van der Waals surface area contributed by atoms with E-state index < -0.39 is 28.8 Å². The van der Waals surface area contributed by atoms with Gasteiger partial charge >= 0.3 is 0 Å². The number of ketones is 1. The Hall–Kier alpha value is -1.33. The topological polar surface area (TPSA) is 17.1 Å².